The molecular formula is C47H53NO5. The molecule has 0 N–H and O–H groups in total. The number of unbranched alkanes of at least 4 members (excludes halogenated alkanes) is 8. The maximum absolute atomic E-state index is 12.5. The molecule has 6 heteroatoms. The van der Waals surface area contributed by atoms with Gasteiger partial charge < -0.3 is 14.2 Å². The summed E-state index contributed by atoms with van der Waals surface area (Å²) in [4.78, 5) is 23.9. The average molecular weight is 712 g/mol. The number of esters is 2. The Balaban J connectivity index is 1.17. The maximum atomic E-state index is 12.5. The van der Waals surface area contributed by atoms with E-state index in [1.807, 2.05) is 54.6 Å². The first kappa shape index (κ1) is 40.4. The van der Waals surface area contributed by atoms with E-state index in [9.17, 15) is 9.59 Å². The Kier molecular flexibility index (Phi) is 16.6. The Morgan fingerprint density at radius 3 is 1.72 bits per heavy atom. The molecular weight excluding hydrogens is 659 g/mol. The largest absolute Gasteiger partial charge is 0.494 e. The zero-order valence-electron chi connectivity index (χ0n) is 31.5. The molecule has 4 rings (SSSR count). The molecule has 0 saturated carbocycles. The highest BCUT2D eigenvalue weighted by Gasteiger charge is 2.13. The van der Waals surface area contributed by atoms with Gasteiger partial charge in [-0.3, -0.25) is 0 Å². The number of nitriles is 1. The van der Waals surface area contributed by atoms with Crippen LogP contribution in [0.15, 0.2) is 115 Å². The predicted octanol–water partition coefficient (Wildman–Crippen LogP) is 11.6. The first-order valence-electron chi connectivity index (χ1n) is 18.9. The smallest absolute Gasteiger partial charge is 0.338 e. The molecule has 0 amide bonds. The minimum absolute atomic E-state index is 0.331. The van der Waals surface area contributed by atoms with Gasteiger partial charge in [-0.15, -0.1) is 0 Å². The number of rotatable bonds is 22. The van der Waals surface area contributed by atoms with Crippen LogP contribution in [-0.4, -0.2) is 25.2 Å². The third-order valence-electron chi connectivity index (χ3n) is 9.16. The molecule has 0 aliphatic carbocycles. The van der Waals surface area contributed by atoms with Crippen molar-refractivity contribution in [1.29, 1.82) is 5.26 Å². The van der Waals surface area contributed by atoms with Crippen LogP contribution in [0.4, 0.5) is 0 Å². The number of benzene rings is 4. The molecule has 0 spiro atoms. The first-order valence-corrected chi connectivity index (χ1v) is 18.9. The summed E-state index contributed by atoms with van der Waals surface area (Å²) < 4.78 is 16.9. The highest BCUT2D eigenvalue weighted by Crippen LogP contribution is 2.31. The third-order valence-corrected chi connectivity index (χ3v) is 9.16. The lowest BCUT2D eigenvalue weighted by atomic mass is 9.98. The number of ether oxygens (including phenoxy) is 3. The average Bonchev–Trinajstić information content (AvgIpc) is 3.17. The van der Waals surface area contributed by atoms with Crippen molar-refractivity contribution in [3.05, 3.63) is 132 Å². The molecule has 0 unspecified atom stereocenters. The van der Waals surface area contributed by atoms with Crippen molar-refractivity contribution in [1.82, 2.24) is 0 Å². The summed E-state index contributed by atoms with van der Waals surface area (Å²) in [5.41, 5.74) is 8.14. The SMILES string of the molecule is C=C(C)C(=O)OCCCCCCOc1ccc(-c2ccc(CCCCCCCCc3ccc(-c4ccc(C#N)cc4)cc3)c(OC(=O)C(=C)C)c2)cc1. The van der Waals surface area contributed by atoms with Gasteiger partial charge in [0.25, 0.3) is 0 Å². The Hall–Kier alpha value is -5.41. The fourth-order valence-corrected chi connectivity index (χ4v) is 5.95. The molecule has 0 fully saturated rings. The number of aryl methyl sites for hydroxylation is 2. The lowest BCUT2D eigenvalue weighted by Gasteiger charge is -2.13. The van der Waals surface area contributed by atoms with Gasteiger partial charge in [-0.25, -0.2) is 9.59 Å². The third kappa shape index (κ3) is 13.9. The quantitative estimate of drug-likeness (QED) is 0.0349. The van der Waals surface area contributed by atoms with E-state index in [0.717, 1.165) is 79.4 Å². The van der Waals surface area contributed by atoms with Crippen molar-refractivity contribution < 1.29 is 23.8 Å². The molecule has 0 aliphatic rings. The molecule has 0 bridgehead atoms. The molecule has 276 valence electrons. The van der Waals surface area contributed by atoms with Crippen molar-refractivity contribution in [2.75, 3.05) is 13.2 Å². The fraction of sp³-hybridized carbons (Fsp3) is 0.340. The molecule has 0 aliphatic heterocycles. The van der Waals surface area contributed by atoms with Crippen LogP contribution in [0.25, 0.3) is 22.3 Å². The number of hydrogen-bond acceptors (Lipinski definition) is 6. The number of nitrogens with zero attached hydrogens (tertiary/aromatic N) is 1. The van der Waals surface area contributed by atoms with Crippen molar-refractivity contribution in [3.63, 3.8) is 0 Å². The zero-order chi connectivity index (χ0) is 37.8. The van der Waals surface area contributed by atoms with Crippen molar-refractivity contribution >= 4 is 11.9 Å². The van der Waals surface area contributed by atoms with Gasteiger partial charge in [0, 0.05) is 11.1 Å². The second kappa shape index (κ2) is 21.8. The predicted molar refractivity (Wildman–Crippen MR) is 214 cm³/mol. The molecule has 0 heterocycles. The highest BCUT2D eigenvalue weighted by molar-refractivity contribution is 5.89. The van der Waals surface area contributed by atoms with Gasteiger partial charge in [0.05, 0.1) is 24.8 Å². The van der Waals surface area contributed by atoms with Gasteiger partial charge in [-0.05, 0) is 129 Å². The van der Waals surface area contributed by atoms with Crippen LogP contribution in [0.5, 0.6) is 11.5 Å². The molecule has 0 aromatic heterocycles. The van der Waals surface area contributed by atoms with Gasteiger partial charge in [0.1, 0.15) is 11.5 Å². The number of carbonyl (C=O) groups excluding carboxylic acids is 2. The number of hydrogen-bond donors (Lipinski definition) is 0. The van der Waals surface area contributed by atoms with E-state index < -0.39 is 5.97 Å². The first-order chi connectivity index (χ1) is 25.7. The summed E-state index contributed by atoms with van der Waals surface area (Å²) in [7, 11) is 0. The van der Waals surface area contributed by atoms with E-state index in [1.165, 1.54) is 36.8 Å². The van der Waals surface area contributed by atoms with E-state index in [1.54, 1.807) is 13.8 Å². The summed E-state index contributed by atoms with van der Waals surface area (Å²) in [6.07, 6.45) is 12.6. The lowest BCUT2D eigenvalue weighted by molar-refractivity contribution is -0.139. The van der Waals surface area contributed by atoms with E-state index in [0.29, 0.717) is 35.7 Å². The molecule has 0 saturated heterocycles. The maximum Gasteiger partial charge on any atom is 0.338 e. The van der Waals surface area contributed by atoms with Crippen LogP contribution in [0.3, 0.4) is 0 Å². The monoisotopic (exact) mass is 711 g/mol. The highest BCUT2D eigenvalue weighted by atomic mass is 16.5. The summed E-state index contributed by atoms with van der Waals surface area (Å²) in [5.74, 6) is 0.659. The second-order valence-corrected chi connectivity index (χ2v) is 13.7. The Bertz CT molecular complexity index is 1830. The van der Waals surface area contributed by atoms with Gasteiger partial charge in [-0.1, -0.05) is 99.5 Å². The van der Waals surface area contributed by atoms with Gasteiger partial charge in [0.15, 0.2) is 0 Å². The summed E-state index contributed by atoms with van der Waals surface area (Å²) in [5, 5.41) is 9.02. The van der Waals surface area contributed by atoms with Crippen LogP contribution in [0.2, 0.25) is 0 Å². The topological polar surface area (TPSA) is 85.6 Å². The second-order valence-electron chi connectivity index (χ2n) is 13.7. The van der Waals surface area contributed by atoms with E-state index in [4.69, 9.17) is 19.5 Å². The van der Waals surface area contributed by atoms with Gasteiger partial charge in [-0.2, -0.15) is 5.26 Å². The summed E-state index contributed by atoms with van der Waals surface area (Å²) >= 11 is 0. The molecule has 4 aromatic carbocycles. The molecule has 0 atom stereocenters. The Labute approximate surface area is 316 Å². The van der Waals surface area contributed by atoms with E-state index in [-0.39, 0.29) is 5.97 Å². The van der Waals surface area contributed by atoms with E-state index in [2.05, 4.69) is 55.6 Å². The summed E-state index contributed by atoms with van der Waals surface area (Å²) in [6, 6.07) is 32.7. The minimum atomic E-state index is -0.413. The van der Waals surface area contributed by atoms with Crippen LogP contribution in [0, 0.1) is 11.3 Å². The molecule has 0 radical (unpaired) electrons. The minimum Gasteiger partial charge on any atom is -0.494 e. The van der Waals surface area contributed by atoms with Crippen LogP contribution < -0.4 is 9.47 Å². The summed E-state index contributed by atoms with van der Waals surface area (Å²) in [6.45, 7) is 11.7. The zero-order valence-corrected chi connectivity index (χ0v) is 31.5. The van der Waals surface area contributed by atoms with Crippen molar-refractivity contribution in [3.8, 4) is 39.8 Å². The van der Waals surface area contributed by atoms with Crippen molar-refractivity contribution in [2.45, 2.75) is 90.9 Å². The molecule has 4 aromatic rings. The lowest BCUT2D eigenvalue weighted by Crippen LogP contribution is -2.10. The van der Waals surface area contributed by atoms with Crippen molar-refractivity contribution in [2.24, 2.45) is 0 Å². The molecule has 53 heavy (non-hydrogen) atoms. The van der Waals surface area contributed by atoms with Gasteiger partial charge in [0.2, 0.25) is 0 Å². The Morgan fingerprint density at radius 1 is 0.585 bits per heavy atom. The van der Waals surface area contributed by atoms with E-state index >= 15 is 0 Å². The standard InChI is InChI=1S/C47H53NO5/c1-35(2)46(49)52-32-14-10-9-13-31-51-44-29-27-41(28-30-44)43-26-25-42(45(33-43)53-47(50)36(3)4)16-12-8-6-5-7-11-15-37-17-21-39(22-18-37)40-23-19-38(34-48)20-24-40/h17-30,33H,1,3,5-16,31-32H2,2,4H3. The van der Waals surface area contributed by atoms with Crippen LogP contribution in [0.1, 0.15) is 94.7 Å². The molecule has 6 nitrogen and oxygen atoms in total. The van der Waals surface area contributed by atoms with Crippen LogP contribution in [-0.2, 0) is 27.2 Å². The Morgan fingerprint density at radius 2 is 1.09 bits per heavy atom. The fourth-order valence-electron chi connectivity index (χ4n) is 5.95. The normalized spacial score (nSPS) is 10.7. The number of carbonyl (C=O) groups is 2. The van der Waals surface area contributed by atoms with Crippen LogP contribution >= 0.6 is 0 Å². The van der Waals surface area contributed by atoms with Gasteiger partial charge >= 0.3 is 11.9 Å².